The van der Waals surface area contributed by atoms with Crippen LogP contribution < -0.4 is 0 Å². The van der Waals surface area contributed by atoms with Crippen molar-refractivity contribution in [3.63, 3.8) is 0 Å². The van der Waals surface area contributed by atoms with Crippen molar-refractivity contribution in [2.75, 3.05) is 0 Å². The molecule has 0 aliphatic carbocycles. The van der Waals surface area contributed by atoms with Crippen molar-refractivity contribution in [1.82, 2.24) is 0 Å². The molecule has 0 N–H and O–H groups in total. The van der Waals surface area contributed by atoms with Gasteiger partial charge in [0.05, 0.1) is 0 Å². The number of hydrogen-bond acceptors (Lipinski definition) is 0. The third-order valence-corrected chi connectivity index (χ3v) is 4.69. The molecule has 0 saturated carbocycles. The van der Waals surface area contributed by atoms with Crippen LogP contribution in [0.25, 0.3) is 5.57 Å². The monoisotopic (exact) mass is 352 g/mol. The third-order valence-electron chi connectivity index (χ3n) is 3.98. The first-order valence-electron chi connectivity index (χ1n) is 7.74. The van der Waals surface area contributed by atoms with Gasteiger partial charge in [0, 0.05) is 10.0 Å². The number of allylic oxidation sites excluding steroid dienone is 2. The molecule has 0 aliphatic heterocycles. The van der Waals surface area contributed by atoms with Gasteiger partial charge in [0.1, 0.15) is 5.82 Å². The second kappa shape index (κ2) is 8.53. The van der Waals surface area contributed by atoms with Crippen molar-refractivity contribution >= 4 is 21.5 Å². The Kier molecular flexibility index (Phi) is 7.37. The zero-order valence-corrected chi connectivity index (χ0v) is 15.0. The van der Waals surface area contributed by atoms with Crippen LogP contribution in [0.4, 0.5) is 4.39 Å². The summed E-state index contributed by atoms with van der Waals surface area (Å²) in [6, 6.07) is 3.63. The summed E-state index contributed by atoms with van der Waals surface area (Å²) in [5, 5.41) is 0. The highest BCUT2D eigenvalue weighted by Gasteiger charge is 2.14. The van der Waals surface area contributed by atoms with Gasteiger partial charge in [-0.1, -0.05) is 61.9 Å². The van der Waals surface area contributed by atoms with Crippen molar-refractivity contribution in [3.8, 4) is 0 Å². The van der Waals surface area contributed by atoms with Crippen LogP contribution in [-0.2, 0) is 6.42 Å². The average Bonchev–Trinajstić information content (AvgIpc) is 2.45. The summed E-state index contributed by atoms with van der Waals surface area (Å²) < 4.78 is 15.2. The Morgan fingerprint density at radius 3 is 2.48 bits per heavy atom. The predicted molar refractivity (Wildman–Crippen MR) is 95.0 cm³/mol. The van der Waals surface area contributed by atoms with E-state index < -0.39 is 0 Å². The molecule has 0 radical (unpaired) electrons. The molecule has 0 aromatic heterocycles. The highest BCUT2D eigenvalue weighted by molar-refractivity contribution is 9.10. The molecule has 21 heavy (non-hydrogen) atoms. The smallest absolute Gasteiger partial charge is 0.128 e. The Bertz CT molecular complexity index is 493. The van der Waals surface area contributed by atoms with Gasteiger partial charge in [-0.3, -0.25) is 0 Å². The second-order valence-corrected chi connectivity index (χ2v) is 6.61. The maximum absolute atomic E-state index is 14.3. The Hall–Kier alpha value is -0.890. The van der Waals surface area contributed by atoms with Crippen LogP contribution in [0.15, 0.2) is 35.3 Å². The molecule has 1 unspecified atom stereocenters. The fraction of sp³-hybridized carbons (Fsp3) is 0.474. The first-order chi connectivity index (χ1) is 9.90. The molecule has 1 aromatic rings. The standard InChI is InChI=1S/C19H26BrF/c1-6-8-9-17-18(20)11-16(12-19(17)21)15(5)14(4)10-13(3)7-2/h11-12,14H,3,5-10H2,1-2,4H3. The molecule has 0 fully saturated rings. The van der Waals surface area contributed by atoms with E-state index in [2.05, 4.69) is 49.9 Å². The van der Waals surface area contributed by atoms with Crippen LogP contribution in [0, 0.1) is 11.7 Å². The minimum Gasteiger partial charge on any atom is -0.207 e. The van der Waals surface area contributed by atoms with Gasteiger partial charge in [0.25, 0.3) is 0 Å². The molecule has 0 spiro atoms. The lowest BCUT2D eigenvalue weighted by Crippen LogP contribution is -2.02. The lowest BCUT2D eigenvalue weighted by Gasteiger charge is -2.17. The molecular weight excluding hydrogens is 327 g/mol. The lowest BCUT2D eigenvalue weighted by atomic mass is 9.89. The van der Waals surface area contributed by atoms with E-state index in [1.165, 1.54) is 5.57 Å². The summed E-state index contributed by atoms with van der Waals surface area (Å²) in [6.07, 6.45) is 4.73. The number of halogens is 2. The highest BCUT2D eigenvalue weighted by atomic mass is 79.9. The Morgan fingerprint density at radius 1 is 1.29 bits per heavy atom. The lowest BCUT2D eigenvalue weighted by molar-refractivity contribution is 0.600. The van der Waals surface area contributed by atoms with Crippen molar-refractivity contribution in [3.05, 3.63) is 52.3 Å². The van der Waals surface area contributed by atoms with E-state index in [1.54, 1.807) is 6.07 Å². The van der Waals surface area contributed by atoms with Crippen LogP contribution in [-0.4, -0.2) is 0 Å². The first kappa shape index (κ1) is 18.2. The van der Waals surface area contributed by atoms with Crippen molar-refractivity contribution in [2.45, 2.75) is 52.9 Å². The zero-order chi connectivity index (χ0) is 16.0. The third kappa shape index (κ3) is 5.10. The summed E-state index contributed by atoms with van der Waals surface area (Å²) in [4.78, 5) is 0. The molecule has 0 heterocycles. The van der Waals surface area contributed by atoms with E-state index in [4.69, 9.17) is 0 Å². The molecule has 0 bridgehead atoms. The molecule has 116 valence electrons. The van der Waals surface area contributed by atoms with Gasteiger partial charge in [-0.05, 0) is 54.9 Å². The number of unbranched alkanes of at least 4 members (excludes halogenated alkanes) is 1. The van der Waals surface area contributed by atoms with Crippen LogP contribution in [0.1, 0.15) is 57.6 Å². The molecule has 0 aliphatic rings. The SMILES string of the molecule is C=C(CC)CC(C)C(=C)c1cc(F)c(CCCC)c(Br)c1. The minimum absolute atomic E-state index is 0.129. The summed E-state index contributed by atoms with van der Waals surface area (Å²) in [7, 11) is 0. The molecule has 1 rings (SSSR count). The zero-order valence-electron chi connectivity index (χ0n) is 13.4. The molecule has 2 heteroatoms. The number of hydrogen-bond donors (Lipinski definition) is 0. The van der Waals surface area contributed by atoms with E-state index in [-0.39, 0.29) is 11.7 Å². The molecule has 0 nitrogen and oxygen atoms in total. The predicted octanol–water partition coefficient (Wildman–Crippen LogP) is 6.94. The molecule has 1 atom stereocenters. The van der Waals surface area contributed by atoms with E-state index in [1.807, 2.05) is 6.07 Å². The average molecular weight is 353 g/mol. The Morgan fingerprint density at radius 2 is 1.95 bits per heavy atom. The van der Waals surface area contributed by atoms with Crippen molar-refractivity contribution < 1.29 is 4.39 Å². The van der Waals surface area contributed by atoms with Gasteiger partial charge in [-0.15, -0.1) is 0 Å². The number of benzene rings is 1. The molecule has 0 amide bonds. The van der Waals surface area contributed by atoms with Gasteiger partial charge in [0.2, 0.25) is 0 Å². The van der Waals surface area contributed by atoms with Gasteiger partial charge in [0.15, 0.2) is 0 Å². The van der Waals surface area contributed by atoms with Crippen LogP contribution >= 0.6 is 15.9 Å². The van der Waals surface area contributed by atoms with E-state index in [9.17, 15) is 4.39 Å². The summed E-state index contributed by atoms with van der Waals surface area (Å²) >= 11 is 3.51. The summed E-state index contributed by atoms with van der Waals surface area (Å²) in [5.74, 6) is 0.153. The second-order valence-electron chi connectivity index (χ2n) is 5.76. The quantitative estimate of drug-likeness (QED) is 0.444. The normalized spacial score (nSPS) is 12.2. The fourth-order valence-corrected chi connectivity index (χ4v) is 3.00. The topological polar surface area (TPSA) is 0 Å². The Balaban J connectivity index is 2.93. The van der Waals surface area contributed by atoms with Crippen LogP contribution in [0.5, 0.6) is 0 Å². The first-order valence-corrected chi connectivity index (χ1v) is 8.53. The summed E-state index contributed by atoms with van der Waals surface area (Å²) in [6.45, 7) is 14.6. The van der Waals surface area contributed by atoms with Gasteiger partial charge < -0.3 is 0 Å². The van der Waals surface area contributed by atoms with E-state index in [0.717, 1.165) is 53.3 Å². The molecule has 0 saturated heterocycles. The highest BCUT2D eigenvalue weighted by Crippen LogP contribution is 2.32. The Labute approximate surface area is 137 Å². The number of rotatable bonds is 8. The fourth-order valence-electron chi connectivity index (χ4n) is 2.37. The molecule has 1 aromatic carbocycles. The summed E-state index contributed by atoms with van der Waals surface area (Å²) in [5.41, 5.74) is 3.85. The van der Waals surface area contributed by atoms with E-state index in [0.29, 0.717) is 0 Å². The van der Waals surface area contributed by atoms with Crippen molar-refractivity contribution in [1.29, 1.82) is 0 Å². The minimum atomic E-state index is -0.129. The largest absolute Gasteiger partial charge is 0.207 e. The maximum atomic E-state index is 14.3. The van der Waals surface area contributed by atoms with Gasteiger partial charge >= 0.3 is 0 Å². The van der Waals surface area contributed by atoms with Crippen LogP contribution in [0.2, 0.25) is 0 Å². The van der Waals surface area contributed by atoms with E-state index >= 15 is 0 Å². The maximum Gasteiger partial charge on any atom is 0.128 e. The van der Waals surface area contributed by atoms with Crippen LogP contribution in [0.3, 0.4) is 0 Å². The molecular formula is C19H26BrF. The van der Waals surface area contributed by atoms with Gasteiger partial charge in [-0.2, -0.15) is 0 Å². The van der Waals surface area contributed by atoms with Gasteiger partial charge in [-0.25, -0.2) is 4.39 Å². The van der Waals surface area contributed by atoms with Crippen molar-refractivity contribution in [2.24, 2.45) is 5.92 Å².